The van der Waals surface area contributed by atoms with Crippen molar-refractivity contribution in [2.45, 2.75) is 31.7 Å². The standard InChI is InChI=1S/C15H23N3O3S/c1-4-18-8-11(3)14(9-18)17-22(20,21)12-6-5-10(2)13(7-12)15(16)19/h5-7,11,14,17H,4,8-9H2,1-3H3,(H2,16,19)/t11-,14+/m0/s1. The number of primary amides is 1. The zero-order chi connectivity index (χ0) is 16.5. The van der Waals surface area contributed by atoms with Gasteiger partial charge in [-0.2, -0.15) is 0 Å². The Labute approximate surface area is 131 Å². The lowest BCUT2D eigenvalue weighted by Crippen LogP contribution is -2.39. The second kappa shape index (κ2) is 6.36. The molecular formula is C15H23N3O3S. The number of hydrogen-bond acceptors (Lipinski definition) is 4. The first-order valence-electron chi connectivity index (χ1n) is 7.39. The molecule has 1 amide bonds. The Morgan fingerprint density at radius 3 is 2.64 bits per heavy atom. The summed E-state index contributed by atoms with van der Waals surface area (Å²) in [4.78, 5) is 13.7. The lowest BCUT2D eigenvalue weighted by molar-refractivity contribution is 0.0999. The molecule has 1 aliphatic rings. The highest BCUT2D eigenvalue weighted by Crippen LogP contribution is 2.20. The molecule has 2 rings (SSSR count). The minimum atomic E-state index is -3.67. The van der Waals surface area contributed by atoms with Crippen LogP contribution in [0.3, 0.4) is 0 Å². The molecule has 3 N–H and O–H groups in total. The number of likely N-dealkylation sites (tertiary alicyclic amines) is 1. The summed E-state index contributed by atoms with van der Waals surface area (Å²) in [6.45, 7) is 8.30. The van der Waals surface area contributed by atoms with E-state index < -0.39 is 15.9 Å². The van der Waals surface area contributed by atoms with E-state index in [1.165, 1.54) is 12.1 Å². The Morgan fingerprint density at radius 2 is 2.09 bits per heavy atom. The summed E-state index contributed by atoms with van der Waals surface area (Å²) in [5, 5.41) is 0. The number of carbonyl (C=O) groups is 1. The average Bonchev–Trinajstić information content (AvgIpc) is 2.78. The van der Waals surface area contributed by atoms with Crippen LogP contribution >= 0.6 is 0 Å². The van der Waals surface area contributed by atoms with Crippen molar-refractivity contribution in [3.63, 3.8) is 0 Å². The van der Waals surface area contributed by atoms with Crippen LogP contribution in [0.1, 0.15) is 29.8 Å². The van der Waals surface area contributed by atoms with Gasteiger partial charge < -0.3 is 10.6 Å². The number of nitrogens with zero attached hydrogens (tertiary/aromatic N) is 1. The number of nitrogens with two attached hydrogens (primary N) is 1. The fourth-order valence-electron chi connectivity index (χ4n) is 2.78. The fraction of sp³-hybridized carbons (Fsp3) is 0.533. The first-order chi connectivity index (χ1) is 10.2. The van der Waals surface area contributed by atoms with Gasteiger partial charge in [0.2, 0.25) is 15.9 Å². The van der Waals surface area contributed by atoms with Gasteiger partial charge in [-0.3, -0.25) is 4.79 Å². The molecule has 1 fully saturated rings. The van der Waals surface area contributed by atoms with E-state index in [1.54, 1.807) is 13.0 Å². The van der Waals surface area contributed by atoms with Gasteiger partial charge >= 0.3 is 0 Å². The van der Waals surface area contributed by atoms with Crippen LogP contribution in [-0.2, 0) is 10.0 Å². The summed E-state index contributed by atoms with van der Waals surface area (Å²) in [6, 6.07) is 4.33. The molecule has 1 aliphatic heterocycles. The van der Waals surface area contributed by atoms with Gasteiger partial charge in [-0.15, -0.1) is 0 Å². The van der Waals surface area contributed by atoms with E-state index in [0.717, 1.165) is 13.1 Å². The number of likely N-dealkylation sites (N-methyl/N-ethyl adjacent to an activating group) is 1. The summed E-state index contributed by atoms with van der Waals surface area (Å²) in [5.41, 5.74) is 6.19. The van der Waals surface area contributed by atoms with Crippen molar-refractivity contribution < 1.29 is 13.2 Å². The van der Waals surface area contributed by atoms with Gasteiger partial charge in [0.25, 0.3) is 0 Å². The van der Waals surface area contributed by atoms with Crippen LogP contribution in [0.4, 0.5) is 0 Å². The summed E-state index contributed by atoms with van der Waals surface area (Å²) in [5.74, 6) is -0.378. The largest absolute Gasteiger partial charge is 0.366 e. The maximum atomic E-state index is 12.5. The topological polar surface area (TPSA) is 92.5 Å². The Morgan fingerprint density at radius 1 is 1.41 bits per heavy atom. The average molecular weight is 325 g/mol. The van der Waals surface area contributed by atoms with E-state index in [4.69, 9.17) is 5.73 Å². The van der Waals surface area contributed by atoms with Crippen molar-refractivity contribution >= 4 is 15.9 Å². The van der Waals surface area contributed by atoms with E-state index in [-0.39, 0.29) is 22.4 Å². The molecule has 1 aromatic carbocycles. The maximum Gasteiger partial charge on any atom is 0.249 e. The van der Waals surface area contributed by atoms with Crippen LogP contribution in [0.15, 0.2) is 23.1 Å². The van der Waals surface area contributed by atoms with Crippen LogP contribution in [0, 0.1) is 12.8 Å². The van der Waals surface area contributed by atoms with Gasteiger partial charge in [0.15, 0.2) is 0 Å². The van der Waals surface area contributed by atoms with Gasteiger partial charge in [-0.05, 0) is 37.1 Å². The summed E-state index contributed by atoms with van der Waals surface area (Å²) in [7, 11) is -3.67. The molecule has 1 heterocycles. The minimum Gasteiger partial charge on any atom is -0.366 e. The molecular weight excluding hydrogens is 302 g/mol. The second-order valence-electron chi connectivity index (χ2n) is 5.90. The van der Waals surface area contributed by atoms with Crippen molar-refractivity contribution in [2.24, 2.45) is 11.7 Å². The molecule has 0 spiro atoms. The Bertz CT molecular complexity index is 673. The number of carbonyl (C=O) groups excluding carboxylic acids is 1. The van der Waals surface area contributed by atoms with Gasteiger partial charge in [0.05, 0.1) is 4.90 Å². The Kier molecular flexibility index (Phi) is 4.89. The van der Waals surface area contributed by atoms with Crippen LogP contribution in [0.25, 0.3) is 0 Å². The van der Waals surface area contributed by atoms with Crippen LogP contribution < -0.4 is 10.5 Å². The number of sulfonamides is 1. The molecule has 22 heavy (non-hydrogen) atoms. The molecule has 7 heteroatoms. The number of aryl methyl sites for hydroxylation is 1. The van der Waals surface area contributed by atoms with Gasteiger partial charge in [-0.1, -0.05) is 19.9 Å². The third-order valence-corrected chi connectivity index (χ3v) is 5.71. The second-order valence-corrected chi connectivity index (χ2v) is 7.61. The molecule has 1 aromatic rings. The first-order valence-corrected chi connectivity index (χ1v) is 8.88. The minimum absolute atomic E-state index is 0.0778. The van der Waals surface area contributed by atoms with E-state index in [1.807, 2.05) is 6.92 Å². The fourth-order valence-corrected chi connectivity index (χ4v) is 4.14. The van der Waals surface area contributed by atoms with Crippen molar-refractivity contribution in [3.8, 4) is 0 Å². The highest BCUT2D eigenvalue weighted by atomic mass is 32.2. The number of rotatable bonds is 5. The van der Waals surface area contributed by atoms with Crippen molar-refractivity contribution in [2.75, 3.05) is 19.6 Å². The number of nitrogens with one attached hydrogen (secondary N) is 1. The zero-order valence-electron chi connectivity index (χ0n) is 13.2. The molecule has 1 saturated heterocycles. The number of amides is 1. The molecule has 0 aromatic heterocycles. The lowest BCUT2D eigenvalue weighted by atomic mass is 10.1. The van der Waals surface area contributed by atoms with Crippen molar-refractivity contribution in [1.82, 2.24) is 9.62 Å². The Hall–Kier alpha value is -1.44. The number of benzene rings is 1. The van der Waals surface area contributed by atoms with Gasteiger partial charge in [-0.25, -0.2) is 13.1 Å². The normalized spacial score (nSPS) is 22.9. The van der Waals surface area contributed by atoms with E-state index in [2.05, 4.69) is 16.5 Å². The number of hydrogen-bond donors (Lipinski definition) is 2. The SMILES string of the molecule is CCN1C[C@H](C)[C@H](NS(=O)(=O)c2ccc(C)c(C(N)=O)c2)C1. The van der Waals surface area contributed by atoms with Crippen molar-refractivity contribution in [1.29, 1.82) is 0 Å². The summed E-state index contributed by atoms with van der Waals surface area (Å²) in [6.07, 6.45) is 0. The van der Waals surface area contributed by atoms with E-state index in [0.29, 0.717) is 12.1 Å². The third-order valence-electron chi connectivity index (χ3n) is 4.23. The van der Waals surface area contributed by atoms with Crippen molar-refractivity contribution in [3.05, 3.63) is 29.3 Å². The molecule has 0 unspecified atom stereocenters. The maximum absolute atomic E-state index is 12.5. The van der Waals surface area contributed by atoms with Gasteiger partial charge in [0.1, 0.15) is 0 Å². The molecule has 0 aliphatic carbocycles. The molecule has 2 atom stereocenters. The van der Waals surface area contributed by atoms with Crippen LogP contribution in [0.5, 0.6) is 0 Å². The molecule has 122 valence electrons. The molecule has 0 bridgehead atoms. The highest BCUT2D eigenvalue weighted by molar-refractivity contribution is 7.89. The van der Waals surface area contributed by atoms with E-state index >= 15 is 0 Å². The van der Waals surface area contributed by atoms with Gasteiger partial charge in [0, 0.05) is 24.7 Å². The molecule has 0 saturated carbocycles. The predicted molar refractivity (Wildman–Crippen MR) is 85.1 cm³/mol. The third kappa shape index (κ3) is 3.48. The van der Waals surface area contributed by atoms with E-state index in [9.17, 15) is 13.2 Å². The monoisotopic (exact) mass is 325 g/mol. The Balaban J connectivity index is 2.24. The first kappa shape index (κ1) is 16.9. The zero-order valence-corrected chi connectivity index (χ0v) is 14.0. The molecule has 0 radical (unpaired) electrons. The molecule has 6 nitrogen and oxygen atoms in total. The smallest absolute Gasteiger partial charge is 0.249 e. The summed E-state index contributed by atoms with van der Waals surface area (Å²) >= 11 is 0. The lowest BCUT2D eigenvalue weighted by Gasteiger charge is -2.17. The quantitative estimate of drug-likeness (QED) is 0.834. The highest BCUT2D eigenvalue weighted by Gasteiger charge is 2.32. The predicted octanol–water partition coefficient (Wildman–Crippen LogP) is 0.712. The summed E-state index contributed by atoms with van der Waals surface area (Å²) < 4.78 is 27.8. The van der Waals surface area contributed by atoms with Crippen LogP contribution in [0.2, 0.25) is 0 Å². The van der Waals surface area contributed by atoms with Crippen LogP contribution in [-0.4, -0.2) is 44.9 Å².